The number of nitrogens with one attached hydrogen (secondary N) is 3. The first-order valence-corrected chi connectivity index (χ1v) is 10.6. The lowest BCUT2D eigenvalue weighted by Crippen LogP contribution is -2.42. The van der Waals surface area contributed by atoms with Gasteiger partial charge in [-0.3, -0.25) is 0 Å². The lowest BCUT2D eigenvalue weighted by atomic mass is 10.1. The number of aryl methyl sites for hydroxylation is 1. The van der Waals surface area contributed by atoms with E-state index in [2.05, 4.69) is 30.9 Å². The number of rotatable bonds is 6. The SMILES string of the molecule is CNc1ccc2oc(-c3c(C)nc(NCC(F)(F)F)nc3NC3CC4C(O)C4(O)C3O)nc2c1. The topological polar surface area (TPSA) is 149 Å². The molecule has 10 nitrogen and oxygen atoms in total. The Labute approximate surface area is 191 Å². The van der Waals surface area contributed by atoms with E-state index in [1.807, 2.05) is 0 Å². The van der Waals surface area contributed by atoms with Crippen LogP contribution in [0.2, 0.25) is 0 Å². The number of hydrogen-bond acceptors (Lipinski definition) is 10. The van der Waals surface area contributed by atoms with Gasteiger partial charge in [-0.05, 0) is 31.5 Å². The summed E-state index contributed by atoms with van der Waals surface area (Å²) in [6, 6.07) is 4.60. The summed E-state index contributed by atoms with van der Waals surface area (Å²) in [7, 11) is 1.76. The Balaban J connectivity index is 1.53. The van der Waals surface area contributed by atoms with Gasteiger partial charge >= 0.3 is 6.18 Å². The molecule has 2 saturated carbocycles. The zero-order valence-corrected chi connectivity index (χ0v) is 18.2. The van der Waals surface area contributed by atoms with Crippen molar-refractivity contribution in [1.29, 1.82) is 0 Å². The van der Waals surface area contributed by atoms with Gasteiger partial charge in [0.2, 0.25) is 11.8 Å². The molecule has 13 heteroatoms. The number of nitrogens with zero attached hydrogens (tertiary/aromatic N) is 3. The normalized spacial score (nSPS) is 28.1. The van der Waals surface area contributed by atoms with Gasteiger partial charge in [0.1, 0.15) is 35.1 Å². The van der Waals surface area contributed by atoms with Gasteiger partial charge in [-0.25, -0.2) is 9.97 Å². The molecule has 0 amide bonds. The lowest BCUT2D eigenvalue weighted by molar-refractivity contribution is -0.115. The predicted molar refractivity (Wildman–Crippen MR) is 116 cm³/mol. The van der Waals surface area contributed by atoms with Crippen LogP contribution in [0.5, 0.6) is 0 Å². The summed E-state index contributed by atoms with van der Waals surface area (Å²) >= 11 is 0. The maximum Gasteiger partial charge on any atom is 0.405 e. The van der Waals surface area contributed by atoms with Gasteiger partial charge in [-0.2, -0.15) is 18.2 Å². The monoisotopic (exact) mass is 480 g/mol. The average Bonchev–Trinajstić information content (AvgIpc) is 3.06. The van der Waals surface area contributed by atoms with Crippen LogP contribution >= 0.6 is 0 Å². The van der Waals surface area contributed by atoms with Gasteiger partial charge in [0.05, 0.1) is 17.8 Å². The van der Waals surface area contributed by atoms with Gasteiger partial charge in [-0.15, -0.1) is 0 Å². The zero-order chi connectivity index (χ0) is 24.4. The smallest absolute Gasteiger partial charge is 0.405 e. The summed E-state index contributed by atoms with van der Waals surface area (Å²) < 4.78 is 44.0. The highest BCUT2D eigenvalue weighted by Crippen LogP contribution is 2.56. The van der Waals surface area contributed by atoms with Crippen molar-refractivity contribution in [1.82, 2.24) is 15.0 Å². The zero-order valence-electron chi connectivity index (χ0n) is 18.2. The van der Waals surface area contributed by atoms with Crippen molar-refractivity contribution in [3.05, 3.63) is 23.9 Å². The molecule has 0 aliphatic heterocycles. The van der Waals surface area contributed by atoms with E-state index in [1.54, 1.807) is 32.2 Å². The van der Waals surface area contributed by atoms with E-state index >= 15 is 0 Å². The number of aliphatic hydroxyl groups excluding tert-OH is 2. The summed E-state index contributed by atoms with van der Waals surface area (Å²) in [4.78, 5) is 12.8. The number of aliphatic hydroxyl groups is 3. The predicted octanol–water partition coefficient (Wildman–Crippen LogP) is 1.88. The summed E-state index contributed by atoms with van der Waals surface area (Å²) in [6.45, 7) is 0.246. The molecule has 1 aromatic carbocycles. The fourth-order valence-corrected chi connectivity index (χ4v) is 4.58. The number of oxazole rings is 1. The van der Waals surface area contributed by atoms with Crippen LogP contribution in [-0.4, -0.2) is 73.9 Å². The molecule has 2 aliphatic carbocycles. The standard InChI is InChI=1S/C21H23F3N6O4/c1-8-14(18-29-11-5-9(25-2)3-4-13(11)34-18)17(30-19(27-8)26-7-20(22,23)24)28-12-6-10-15(31)21(10,33)16(12)32/h3-5,10,12,15-16,25,31-33H,6-7H2,1-2H3,(H2,26,27,28,30). The molecular weight excluding hydrogens is 457 g/mol. The second-order valence-corrected chi connectivity index (χ2v) is 8.65. The lowest BCUT2D eigenvalue weighted by Gasteiger charge is -2.25. The molecule has 5 rings (SSSR count). The molecule has 3 aromatic rings. The van der Waals surface area contributed by atoms with Gasteiger partial charge in [0, 0.05) is 18.7 Å². The number of anilines is 3. The Kier molecular flexibility index (Phi) is 5.11. The maximum atomic E-state index is 12.7. The quantitative estimate of drug-likeness (QED) is 0.309. The van der Waals surface area contributed by atoms with Gasteiger partial charge in [0.25, 0.3) is 0 Å². The molecule has 2 aromatic heterocycles. The maximum absolute atomic E-state index is 12.7. The van der Waals surface area contributed by atoms with Crippen molar-refractivity contribution < 1.29 is 32.9 Å². The Morgan fingerprint density at radius 2 is 1.94 bits per heavy atom. The molecular formula is C21H23F3N6O4. The first-order chi connectivity index (χ1) is 16.0. The van der Waals surface area contributed by atoms with E-state index in [4.69, 9.17) is 4.42 Å². The van der Waals surface area contributed by atoms with Gasteiger partial charge in [0.15, 0.2) is 5.58 Å². The Bertz CT molecular complexity index is 1250. The molecule has 34 heavy (non-hydrogen) atoms. The van der Waals surface area contributed by atoms with Crippen LogP contribution in [0, 0.1) is 12.8 Å². The van der Waals surface area contributed by atoms with Gasteiger partial charge < -0.3 is 35.7 Å². The minimum Gasteiger partial charge on any atom is -0.436 e. The van der Waals surface area contributed by atoms with Crippen molar-refractivity contribution in [2.75, 3.05) is 29.5 Å². The number of aromatic nitrogens is 3. The number of halogens is 3. The van der Waals surface area contributed by atoms with Gasteiger partial charge in [-0.1, -0.05) is 0 Å². The van der Waals surface area contributed by atoms with Crippen molar-refractivity contribution in [2.24, 2.45) is 5.92 Å². The minimum absolute atomic E-state index is 0.0843. The molecule has 2 aliphatic rings. The van der Waals surface area contributed by atoms with Crippen LogP contribution in [0.4, 0.5) is 30.6 Å². The largest absolute Gasteiger partial charge is 0.436 e. The molecule has 2 heterocycles. The van der Waals surface area contributed by atoms with Crippen LogP contribution in [0.3, 0.4) is 0 Å². The van der Waals surface area contributed by atoms with Crippen molar-refractivity contribution >= 4 is 28.6 Å². The first kappa shape index (κ1) is 22.6. The van der Waals surface area contributed by atoms with Crippen LogP contribution in [0.25, 0.3) is 22.6 Å². The second-order valence-electron chi connectivity index (χ2n) is 8.65. The average molecular weight is 480 g/mol. The summed E-state index contributed by atoms with van der Waals surface area (Å²) in [5, 5.41) is 39.0. The van der Waals surface area contributed by atoms with E-state index in [0.717, 1.165) is 5.69 Å². The van der Waals surface area contributed by atoms with E-state index in [1.165, 1.54) is 0 Å². The third kappa shape index (κ3) is 3.69. The third-order valence-corrected chi connectivity index (χ3v) is 6.45. The van der Waals surface area contributed by atoms with E-state index < -0.39 is 42.5 Å². The fraction of sp³-hybridized carbons (Fsp3) is 0.476. The molecule has 0 saturated heterocycles. The van der Waals surface area contributed by atoms with Crippen LogP contribution in [0.15, 0.2) is 22.6 Å². The molecule has 0 spiro atoms. The Hall–Kier alpha value is -3.16. The van der Waals surface area contributed by atoms with Crippen LogP contribution in [-0.2, 0) is 0 Å². The number of alkyl halides is 3. The number of fused-ring (bicyclic) bond motifs is 2. The fourth-order valence-electron chi connectivity index (χ4n) is 4.58. The van der Waals surface area contributed by atoms with Crippen molar-refractivity contribution in [3.8, 4) is 11.5 Å². The Morgan fingerprint density at radius 1 is 1.18 bits per heavy atom. The Morgan fingerprint density at radius 3 is 2.59 bits per heavy atom. The number of benzene rings is 1. The molecule has 0 bridgehead atoms. The van der Waals surface area contributed by atoms with E-state index in [9.17, 15) is 28.5 Å². The summed E-state index contributed by atoms with van der Waals surface area (Å²) in [5.41, 5.74) is 0.826. The summed E-state index contributed by atoms with van der Waals surface area (Å²) in [5.74, 6) is -0.549. The molecule has 182 valence electrons. The molecule has 5 unspecified atom stereocenters. The molecule has 6 N–H and O–H groups in total. The van der Waals surface area contributed by atoms with Crippen molar-refractivity contribution in [3.63, 3.8) is 0 Å². The highest BCUT2D eigenvalue weighted by atomic mass is 19.4. The van der Waals surface area contributed by atoms with Crippen LogP contribution < -0.4 is 16.0 Å². The first-order valence-electron chi connectivity index (χ1n) is 10.6. The highest BCUT2D eigenvalue weighted by Gasteiger charge is 2.74. The summed E-state index contributed by atoms with van der Waals surface area (Å²) in [6.07, 6.45) is -6.55. The minimum atomic E-state index is -4.48. The highest BCUT2D eigenvalue weighted by molar-refractivity contribution is 5.83. The van der Waals surface area contributed by atoms with E-state index in [-0.39, 0.29) is 24.1 Å². The molecule has 2 fully saturated rings. The van der Waals surface area contributed by atoms with Crippen LogP contribution in [0.1, 0.15) is 12.1 Å². The number of hydrogen-bond donors (Lipinski definition) is 6. The molecule has 5 atom stereocenters. The van der Waals surface area contributed by atoms with E-state index in [0.29, 0.717) is 22.4 Å². The second kappa shape index (κ2) is 7.68. The van der Waals surface area contributed by atoms with Crippen molar-refractivity contribution in [2.45, 2.75) is 43.4 Å². The molecule has 0 radical (unpaired) electrons. The third-order valence-electron chi connectivity index (χ3n) is 6.45.